The Bertz CT molecular complexity index is 578. The molecule has 0 atom stereocenters. The molecule has 0 radical (unpaired) electrons. The number of nitrogens with one attached hydrogen (secondary N) is 1. The van der Waals surface area contributed by atoms with Gasteiger partial charge in [0.15, 0.2) is 0 Å². The maximum absolute atomic E-state index is 4.72. The van der Waals surface area contributed by atoms with E-state index in [4.69, 9.17) is 4.98 Å². The zero-order valence-corrected chi connectivity index (χ0v) is 11.2. The third-order valence-electron chi connectivity index (χ3n) is 3.28. The molecule has 0 saturated heterocycles. The Morgan fingerprint density at radius 3 is 2.58 bits per heavy atom. The van der Waals surface area contributed by atoms with Gasteiger partial charge in [-0.3, -0.25) is 0 Å². The minimum absolute atomic E-state index is 0.529. The van der Waals surface area contributed by atoms with Crippen LogP contribution in [0.4, 0.5) is 5.82 Å². The molecule has 19 heavy (non-hydrogen) atoms. The average molecular weight is 255 g/mol. The molecular formula is C14H17N5. The molecule has 5 nitrogen and oxygen atoms in total. The van der Waals surface area contributed by atoms with Crippen LogP contribution in [0.15, 0.2) is 18.7 Å². The Hall–Kier alpha value is -2.04. The predicted molar refractivity (Wildman–Crippen MR) is 73.9 cm³/mol. The van der Waals surface area contributed by atoms with Gasteiger partial charge in [0.25, 0.3) is 0 Å². The van der Waals surface area contributed by atoms with Crippen molar-refractivity contribution in [1.29, 1.82) is 0 Å². The van der Waals surface area contributed by atoms with Crippen molar-refractivity contribution >= 4 is 5.82 Å². The van der Waals surface area contributed by atoms with Crippen LogP contribution in [0.5, 0.6) is 0 Å². The standard InChI is InChI=1S/C14H17N5/c1-3-17-13-9(2)12(11-6-15-8-16-7-11)18-14(19-13)10-4-5-10/h6-8,10H,3-5H2,1-2H3,(H,17,18,19). The fourth-order valence-corrected chi connectivity index (χ4v) is 2.10. The Labute approximate surface area is 112 Å². The lowest BCUT2D eigenvalue weighted by molar-refractivity contribution is 0.917. The van der Waals surface area contributed by atoms with Crippen molar-refractivity contribution in [3.63, 3.8) is 0 Å². The summed E-state index contributed by atoms with van der Waals surface area (Å²) in [6.45, 7) is 4.97. The van der Waals surface area contributed by atoms with E-state index in [-0.39, 0.29) is 0 Å². The number of nitrogens with zero attached hydrogens (tertiary/aromatic N) is 4. The summed E-state index contributed by atoms with van der Waals surface area (Å²) in [5, 5.41) is 3.32. The highest BCUT2D eigenvalue weighted by atomic mass is 15.0. The summed E-state index contributed by atoms with van der Waals surface area (Å²) in [7, 11) is 0. The summed E-state index contributed by atoms with van der Waals surface area (Å²) >= 11 is 0. The first kappa shape index (κ1) is 12.0. The van der Waals surface area contributed by atoms with Crippen LogP contribution in [-0.2, 0) is 0 Å². The average Bonchev–Trinajstić information content (AvgIpc) is 3.27. The molecule has 1 aliphatic carbocycles. The highest BCUT2D eigenvalue weighted by molar-refractivity contribution is 5.67. The van der Waals surface area contributed by atoms with Gasteiger partial charge in [-0.15, -0.1) is 0 Å². The fraction of sp³-hybridized carbons (Fsp3) is 0.429. The van der Waals surface area contributed by atoms with Crippen LogP contribution in [0, 0.1) is 6.92 Å². The van der Waals surface area contributed by atoms with Gasteiger partial charge in [0, 0.05) is 36.0 Å². The minimum atomic E-state index is 0.529. The number of anilines is 1. The second-order valence-electron chi connectivity index (χ2n) is 4.84. The first-order valence-corrected chi connectivity index (χ1v) is 6.67. The molecule has 3 rings (SSSR count). The van der Waals surface area contributed by atoms with Gasteiger partial charge in [-0.05, 0) is 26.7 Å². The van der Waals surface area contributed by atoms with Gasteiger partial charge < -0.3 is 5.32 Å². The molecular weight excluding hydrogens is 238 g/mol. The van der Waals surface area contributed by atoms with Gasteiger partial charge in [0.05, 0.1) is 5.69 Å². The van der Waals surface area contributed by atoms with Crippen molar-refractivity contribution in [3.8, 4) is 11.3 Å². The molecule has 98 valence electrons. The number of hydrogen-bond acceptors (Lipinski definition) is 5. The summed E-state index contributed by atoms with van der Waals surface area (Å²) in [6.07, 6.45) is 7.52. The van der Waals surface area contributed by atoms with E-state index in [2.05, 4.69) is 27.2 Å². The summed E-state index contributed by atoms with van der Waals surface area (Å²) in [4.78, 5) is 17.5. The lowest BCUT2D eigenvalue weighted by atomic mass is 10.1. The van der Waals surface area contributed by atoms with Crippen molar-refractivity contribution < 1.29 is 0 Å². The Morgan fingerprint density at radius 2 is 1.95 bits per heavy atom. The summed E-state index contributed by atoms with van der Waals surface area (Å²) < 4.78 is 0. The van der Waals surface area contributed by atoms with Crippen molar-refractivity contribution in [2.45, 2.75) is 32.6 Å². The molecule has 2 heterocycles. The first-order chi connectivity index (χ1) is 9.29. The molecule has 0 aromatic carbocycles. The Kier molecular flexibility index (Phi) is 3.11. The Balaban J connectivity index is 2.11. The third-order valence-corrected chi connectivity index (χ3v) is 3.28. The number of hydrogen-bond donors (Lipinski definition) is 1. The molecule has 0 unspecified atom stereocenters. The monoisotopic (exact) mass is 255 g/mol. The predicted octanol–water partition coefficient (Wildman–Crippen LogP) is 2.55. The van der Waals surface area contributed by atoms with Crippen LogP contribution >= 0.6 is 0 Å². The third kappa shape index (κ3) is 2.41. The van der Waals surface area contributed by atoms with E-state index in [9.17, 15) is 0 Å². The molecule has 1 fully saturated rings. The Morgan fingerprint density at radius 1 is 1.21 bits per heavy atom. The van der Waals surface area contributed by atoms with E-state index < -0.39 is 0 Å². The van der Waals surface area contributed by atoms with Crippen molar-refractivity contribution in [2.75, 3.05) is 11.9 Å². The van der Waals surface area contributed by atoms with Crippen LogP contribution in [-0.4, -0.2) is 26.5 Å². The zero-order chi connectivity index (χ0) is 13.2. The lowest BCUT2D eigenvalue weighted by Crippen LogP contribution is -2.07. The van der Waals surface area contributed by atoms with Gasteiger partial charge in [-0.2, -0.15) is 0 Å². The van der Waals surface area contributed by atoms with Gasteiger partial charge in [-0.1, -0.05) is 0 Å². The highest BCUT2D eigenvalue weighted by Gasteiger charge is 2.28. The number of rotatable bonds is 4. The quantitative estimate of drug-likeness (QED) is 0.909. The molecule has 1 aliphatic rings. The molecule has 0 amide bonds. The van der Waals surface area contributed by atoms with Gasteiger partial charge in [0.1, 0.15) is 18.0 Å². The van der Waals surface area contributed by atoms with Crippen LogP contribution in [0.1, 0.15) is 37.1 Å². The lowest BCUT2D eigenvalue weighted by Gasteiger charge is -2.12. The van der Waals surface area contributed by atoms with Crippen LogP contribution in [0.25, 0.3) is 11.3 Å². The van der Waals surface area contributed by atoms with Crippen LogP contribution in [0.3, 0.4) is 0 Å². The van der Waals surface area contributed by atoms with Crippen molar-refractivity contribution in [1.82, 2.24) is 19.9 Å². The molecule has 5 heteroatoms. The van der Waals surface area contributed by atoms with E-state index in [0.29, 0.717) is 5.92 Å². The topological polar surface area (TPSA) is 63.6 Å². The number of aromatic nitrogens is 4. The summed E-state index contributed by atoms with van der Waals surface area (Å²) in [5.74, 6) is 2.40. The molecule has 0 bridgehead atoms. The molecule has 1 saturated carbocycles. The molecule has 2 aromatic rings. The first-order valence-electron chi connectivity index (χ1n) is 6.67. The highest BCUT2D eigenvalue weighted by Crippen LogP contribution is 2.40. The normalized spacial score (nSPS) is 14.4. The van der Waals surface area contributed by atoms with E-state index in [0.717, 1.165) is 35.0 Å². The van der Waals surface area contributed by atoms with Gasteiger partial charge in [0.2, 0.25) is 0 Å². The minimum Gasteiger partial charge on any atom is -0.370 e. The smallest absolute Gasteiger partial charge is 0.134 e. The summed E-state index contributed by atoms with van der Waals surface area (Å²) in [6, 6.07) is 0. The second kappa shape index (κ2) is 4.91. The molecule has 0 aliphatic heterocycles. The van der Waals surface area contributed by atoms with Gasteiger partial charge >= 0.3 is 0 Å². The SMILES string of the molecule is CCNc1nc(C2CC2)nc(-c2cncnc2)c1C. The molecule has 2 aromatic heterocycles. The van der Waals surface area contributed by atoms with E-state index in [1.54, 1.807) is 12.4 Å². The van der Waals surface area contributed by atoms with Crippen molar-refractivity contribution in [3.05, 3.63) is 30.1 Å². The largest absolute Gasteiger partial charge is 0.370 e. The summed E-state index contributed by atoms with van der Waals surface area (Å²) in [5.41, 5.74) is 2.94. The maximum Gasteiger partial charge on any atom is 0.134 e. The van der Waals surface area contributed by atoms with Gasteiger partial charge in [-0.25, -0.2) is 19.9 Å². The van der Waals surface area contributed by atoms with Crippen molar-refractivity contribution in [2.24, 2.45) is 0 Å². The molecule has 0 spiro atoms. The van der Waals surface area contributed by atoms with E-state index in [1.165, 1.54) is 19.2 Å². The van der Waals surface area contributed by atoms with Crippen LogP contribution in [0.2, 0.25) is 0 Å². The molecule has 1 N–H and O–H groups in total. The zero-order valence-electron chi connectivity index (χ0n) is 11.2. The van der Waals surface area contributed by atoms with E-state index >= 15 is 0 Å². The maximum atomic E-state index is 4.72. The van der Waals surface area contributed by atoms with E-state index in [1.807, 2.05) is 6.92 Å². The second-order valence-corrected chi connectivity index (χ2v) is 4.84. The van der Waals surface area contributed by atoms with Crippen LogP contribution < -0.4 is 5.32 Å². The fourth-order valence-electron chi connectivity index (χ4n) is 2.10.